The summed E-state index contributed by atoms with van der Waals surface area (Å²) in [5, 5.41) is 8.89. The number of hydrogen-bond acceptors (Lipinski definition) is 4. The number of carbonyl (C=O) groups is 2. The van der Waals surface area contributed by atoms with Gasteiger partial charge in [-0.2, -0.15) is 0 Å². The summed E-state index contributed by atoms with van der Waals surface area (Å²) in [6.07, 6.45) is 0.0734. The minimum absolute atomic E-state index is 0.0734. The predicted molar refractivity (Wildman–Crippen MR) is 70.8 cm³/mol. The van der Waals surface area contributed by atoms with Crippen LogP contribution in [0.3, 0.4) is 0 Å². The van der Waals surface area contributed by atoms with E-state index in [9.17, 15) is 9.59 Å². The van der Waals surface area contributed by atoms with Crippen LogP contribution in [0.1, 0.15) is 6.42 Å². The summed E-state index contributed by atoms with van der Waals surface area (Å²) in [4.78, 5) is 24.0. The summed E-state index contributed by atoms with van der Waals surface area (Å²) in [5.74, 6) is -0.429. The second-order valence-corrected chi connectivity index (χ2v) is 4.58. The SMILES string of the molecule is COc1ccccc1OCCN1CC(C(=O)O)CC1=O. The zero-order valence-electron chi connectivity index (χ0n) is 11.2. The van der Waals surface area contributed by atoms with E-state index in [1.165, 1.54) is 4.90 Å². The van der Waals surface area contributed by atoms with E-state index in [1.807, 2.05) is 12.1 Å². The van der Waals surface area contributed by atoms with Crippen LogP contribution in [0, 0.1) is 5.92 Å². The number of rotatable bonds is 6. The molecule has 1 aromatic carbocycles. The molecule has 1 fully saturated rings. The van der Waals surface area contributed by atoms with Gasteiger partial charge >= 0.3 is 5.97 Å². The number of carbonyl (C=O) groups excluding carboxylic acids is 1. The number of ether oxygens (including phenoxy) is 2. The van der Waals surface area contributed by atoms with Gasteiger partial charge in [0.05, 0.1) is 19.6 Å². The number of aliphatic carboxylic acids is 1. The van der Waals surface area contributed by atoms with Crippen molar-refractivity contribution < 1.29 is 24.2 Å². The molecular formula is C14H17NO5. The van der Waals surface area contributed by atoms with Gasteiger partial charge in [-0.05, 0) is 12.1 Å². The van der Waals surface area contributed by atoms with Gasteiger partial charge in [-0.3, -0.25) is 9.59 Å². The number of benzene rings is 1. The van der Waals surface area contributed by atoms with Crippen LogP contribution in [-0.2, 0) is 9.59 Å². The molecule has 0 aromatic heterocycles. The van der Waals surface area contributed by atoms with E-state index in [2.05, 4.69) is 0 Å². The quantitative estimate of drug-likeness (QED) is 0.841. The van der Waals surface area contributed by atoms with Crippen LogP contribution in [0.2, 0.25) is 0 Å². The molecule has 0 aliphatic carbocycles. The first kappa shape index (κ1) is 14.2. The zero-order chi connectivity index (χ0) is 14.5. The Morgan fingerprint density at radius 3 is 2.70 bits per heavy atom. The molecule has 0 saturated carbocycles. The number of hydrogen-bond donors (Lipinski definition) is 1. The van der Waals surface area contributed by atoms with Gasteiger partial charge in [0.2, 0.25) is 5.91 Å². The van der Waals surface area contributed by atoms with Crippen LogP contribution in [0.15, 0.2) is 24.3 Å². The molecule has 20 heavy (non-hydrogen) atoms. The lowest BCUT2D eigenvalue weighted by Gasteiger charge is -2.17. The Hall–Kier alpha value is -2.24. The van der Waals surface area contributed by atoms with Crippen molar-refractivity contribution in [2.24, 2.45) is 5.92 Å². The smallest absolute Gasteiger partial charge is 0.308 e. The van der Waals surface area contributed by atoms with Crippen molar-refractivity contribution in [3.8, 4) is 11.5 Å². The Labute approximate surface area is 116 Å². The van der Waals surface area contributed by atoms with E-state index < -0.39 is 11.9 Å². The first-order chi connectivity index (χ1) is 9.61. The fraction of sp³-hybridized carbons (Fsp3) is 0.429. The van der Waals surface area contributed by atoms with Gasteiger partial charge in [0, 0.05) is 13.0 Å². The monoisotopic (exact) mass is 279 g/mol. The molecule has 0 radical (unpaired) electrons. The van der Waals surface area contributed by atoms with Crippen LogP contribution in [0.5, 0.6) is 11.5 Å². The van der Waals surface area contributed by atoms with Crippen LogP contribution in [-0.4, -0.2) is 48.7 Å². The lowest BCUT2D eigenvalue weighted by Crippen LogP contribution is -2.30. The Balaban J connectivity index is 1.84. The first-order valence-electron chi connectivity index (χ1n) is 6.38. The predicted octanol–water partition coefficient (Wildman–Crippen LogP) is 1.01. The molecule has 0 spiro atoms. The van der Waals surface area contributed by atoms with Crippen molar-refractivity contribution in [1.29, 1.82) is 0 Å². The summed E-state index contributed by atoms with van der Waals surface area (Å²) in [5.41, 5.74) is 0. The third-order valence-corrected chi connectivity index (χ3v) is 3.25. The molecule has 1 amide bonds. The average molecular weight is 279 g/mol. The lowest BCUT2D eigenvalue weighted by atomic mass is 10.1. The largest absolute Gasteiger partial charge is 0.493 e. The highest BCUT2D eigenvalue weighted by molar-refractivity contribution is 5.86. The second kappa shape index (κ2) is 6.27. The Morgan fingerprint density at radius 2 is 2.10 bits per heavy atom. The highest BCUT2D eigenvalue weighted by atomic mass is 16.5. The summed E-state index contributed by atoms with van der Waals surface area (Å²) in [6.45, 7) is 0.933. The summed E-state index contributed by atoms with van der Waals surface area (Å²) >= 11 is 0. The molecular weight excluding hydrogens is 262 g/mol. The summed E-state index contributed by atoms with van der Waals surface area (Å²) in [7, 11) is 1.56. The molecule has 1 aromatic rings. The molecule has 1 heterocycles. The fourth-order valence-corrected chi connectivity index (χ4v) is 2.16. The van der Waals surface area contributed by atoms with Crippen molar-refractivity contribution in [2.75, 3.05) is 26.8 Å². The van der Waals surface area contributed by atoms with Crippen molar-refractivity contribution in [1.82, 2.24) is 4.90 Å². The normalized spacial score (nSPS) is 18.1. The fourth-order valence-electron chi connectivity index (χ4n) is 2.16. The van der Waals surface area contributed by atoms with Gasteiger partial charge in [-0.1, -0.05) is 12.1 Å². The minimum Gasteiger partial charge on any atom is -0.493 e. The maximum absolute atomic E-state index is 11.6. The van der Waals surface area contributed by atoms with Crippen LogP contribution in [0.25, 0.3) is 0 Å². The number of nitrogens with zero attached hydrogens (tertiary/aromatic N) is 1. The van der Waals surface area contributed by atoms with Gasteiger partial charge in [0.1, 0.15) is 6.61 Å². The Morgan fingerprint density at radius 1 is 1.40 bits per heavy atom. The van der Waals surface area contributed by atoms with Gasteiger partial charge in [0.25, 0.3) is 0 Å². The highest BCUT2D eigenvalue weighted by Gasteiger charge is 2.33. The van der Waals surface area contributed by atoms with Crippen molar-refractivity contribution in [2.45, 2.75) is 6.42 Å². The standard InChI is InChI=1S/C14H17NO5/c1-19-11-4-2-3-5-12(11)20-7-6-15-9-10(14(17)18)8-13(15)16/h2-5,10H,6-9H2,1H3,(H,17,18). The number of methoxy groups -OCH3 is 1. The average Bonchev–Trinajstić information content (AvgIpc) is 2.81. The lowest BCUT2D eigenvalue weighted by molar-refractivity contribution is -0.141. The van der Waals surface area contributed by atoms with Crippen molar-refractivity contribution in [3.05, 3.63) is 24.3 Å². The summed E-state index contributed by atoms with van der Waals surface area (Å²) < 4.78 is 10.7. The summed E-state index contributed by atoms with van der Waals surface area (Å²) in [6, 6.07) is 7.24. The molecule has 2 rings (SSSR count). The number of amides is 1. The van der Waals surface area contributed by atoms with Gasteiger partial charge in [0.15, 0.2) is 11.5 Å². The zero-order valence-corrected chi connectivity index (χ0v) is 11.2. The number of likely N-dealkylation sites (tertiary alicyclic amines) is 1. The number of carboxylic acid groups (broad SMARTS) is 1. The maximum Gasteiger partial charge on any atom is 0.308 e. The molecule has 1 saturated heterocycles. The Kier molecular flexibility index (Phi) is 4.45. The third-order valence-electron chi connectivity index (χ3n) is 3.25. The maximum atomic E-state index is 11.6. The van der Waals surface area contributed by atoms with Gasteiger partial charge in [-0.15, -0.1) is 0 Å². The molecule has 1 atom stereocenters. The number of carboxylic acids is 1. The molecule has 6 nitrogen and oxygen atoms in total. The molecule has 1 aliphatic rings. The molecule has 1 N–H and O–H groups in total. The topological polar surface area (TPSA) is 76.1 Å². The molecule has 1 unspecified atom stereocenters. The number of para-hydroxylation sites is 2. The molecule has 108 valence electrons. The van der Waals surface area contributed by atoms with Gasteiger partial charge < -0.3 is 19.5 Å². The van der Waals surface area contributed by atoms with Crippen molar-refractivity contribution in [3.63, 3.8) is 0 Å². The highest BCUT2D eigenvalue weighted by Crippen LogP contribution is 2.26. The van der Waals surface area contributed by atoms with E-state index in [-0.39, 0.29) is 18.9 Å². The van der Waals surface area contributed by atoms with E-state index in [4.69, 9.17) is 14.6 Å². The van der Waals surface area contributed by atoms with Gasteiger partial charge in [-0.25, -0.2) is 0 Å². The molecule has 0 bridgehead atoms. The Bertz CT molecular complexity index is 502. The van der Waals surface area contributed by atoms with E-state index in [1.54, 1.807) is 19.2 Å². The minimum atomic E-state index is -0.925. The van der Waals surface area contributed by atoms with Crippen LogP contribution < -0.4 is 9.47 Å². The second-order valence-electron chi connectivity index (χ2n) is 4.58. The van der Waals surface area contributed by atoms with E-state index >= 15 is 0 Å². The van der Waals surface area contributed by atoms with Crippen LogP contribution >= 0.6 is 0 Å². The first-order valence-corrected chi connectivity index (χ1v) is 6.38. The molecule has 6 heteroatoms. The van der Waals surface area contributed by atoms with Crippen molar-refractivity contribution >= 4 is 11.9 Å². The molecule has 1 aliphatic heterocycles. The third kappa shape index (κ3) is 3.20. The van der Waals surface area contributed by atoms with Crippen LogP contribution in [0.4, 0.5) is 0 Å². The van der Waals surface area contributed by atoms with E-state index in [0.717, 1.165) is 0 Å². The van der Waals surface area contributed by atoms with E-state index in [0.29, 0.717) is 24.7 Å².